The number of hydrogen-bond donors (Lipinski definition) is 3. The van der Waals surface area contributed by atoms with Crippen LogP contribution in [0.5, 0.6) is 0 Å². The second-order valence-electron chi connectivity index (χ2n) is 5.01. The van der Waals surface area contributed by atoms with Crippen LogP contribution in [-0.4, -0.2) is 31.1 Å². The van der Waals surface area contributed by atoms with Crippen LogP contribution in [0.15, 0.2) is 12.1 Å². The lowest BCUT2D eigenvalue weighted by molar-refractivity contribution is -0.120. The Morgan fingerprint density at radius 3 is 2.95 bits per heavy atom. The maximum atomic E-state index is 12.1. The van der Waals surface area contributed by atoms with Crippen LogP contribution in [0.1, 0.15) is 5.56 Å². The van der Waals surface area contributed by atoms with Gasteiger partial charge in [-0.25, -0.2) is 0 Å². The monoisotopic (exact) mass is 295 g/mol. The molecular weight excluding hydrogens is 282 g/mol. The normalized spacial score (nSPS) is 24.4. The van der Waals surface area contributed by atoms with E-state index in [0.717, 1.165) is 5.56 Å². The van der Waals surface area contributed by atoms with E-state index in [-0.39, 0.29) is 23.8 Å². The molecule has 6 nitrogen and oxygen atoms in total. The Bertz CT molecular complexity index is 590. The number of nitrogens with one attached hydrogen (secondary N) is 2. The maximum absolute atomic E-state index is 12.1. The summed E-state index contributed by atoms with van der Waals surface area (Å²) >= 11 is 6.11. The van der Waals surface area contributed by atoms with Crippen molar-refractivity contribution in [3.05, 3.63) is 22.7 Å². The van der Waals surface area contributed by atoms with Gasteiger partial charge in [0, 0.05) is 11.7 Å². The van der Waals surface area contributed by atoms with Gasteiger partial charge in [-0.1, -0.05) is 11.6 Å². The maximum Gasteiger partial charge on any atom is 0.231 e. The van der Waals surface area contributed by atoms with Gasteiger partial charge in [0.25, 0.3) is 0 Å². The van der Waals surface area contributed by atoms with Crippen molar-refractivity contribution in [3.63, 3.8) is 0 Å². The van der Waals surface area contributed by atoms with Gasteiger partial charge in [0.05, 0.1) is 36.3 Å². The molecule has 0 aliphatic carbocycles. The van der Waals surface area contributed by atoms with Gasteiger partial charge in [0.1, 0.15) is 0 Å². The minimum absolute atomic E-state index is 0.0780. The minimum Gasteiger partial charge on any atom is -0.379 e. The number of fused-ring (bicyclic) bond motifs is 1. The fraction of sp³-hybridized carbons (Fsp3) is 0.385. The van der Waals surface area contributed by atoms with Gasteiger partial charge in [-0.05, 0) is 17.7 Å². The van der Waals surface area contributed by atoms with E-state index in [1.54, 1.807) is 12.1 Å². The minimum atomic E-state index is -0.376. The van der Waals surface area contributed by atoms with E-state index in [9.17, 15) is 9.59 Å². The number of anilines is 2. The summed E-state index contributed by atoms with van der Waals surface area (Å²) < 4.78 is 5.17. The summed E-state index contributed by atoms with van der Waals surface area (Å²) in [5.41, 5.74) is 7.81. The zero-order chi connectivity index (χ0) is 14.3. The van der Waals surface area contributed by atoms with Gasteiger partial charge in [-0.2, -0.15) is 0 Å². The Kier molecular flexibility index (Phi) is 3.37. The van der Waals surface area contributed by atoms with E-state index in [1.807, 2.05) is 0 Å². The molecule has 3 rings (SSSR count). The van der Waals surface area contributed by atoms with Crippen molar-refractivity contribution < 1.29 is 14.3 Å². The van der Waals surface area contributed by atoms with E-state index in [4.69, 9.17) is 22.1 Å². The van der Waals surface area contributed by atoms with Gasteiger partial charge < -0.3 is 21.1 Å². The average molecular weight is 296 g/mol. The molecule has 7 heteroatoms. The van der Waals surface area contributed by atoms with Gasteiger partial charge in [0.15, 0.2) is 0 Å². The third-order valence-electron chi connectivity index (χ3n) is 3.54. The number of halogens is 1. The van der Waals surface area contributed by atoms with Crippen LogP contribution < -0.4 is 16.4 Å². The predicted octanol–water partition coefficient (Wildman–Crippen LogP) is 0.747. The number of carbonyl (C=O) groups is 2. The van der Waals surface area contributed by atoms with E-state index in [2.05, 4.69) is 10.6 Å². The first-order valence-corrected chi connectivity index (χ1v) is 6.69. The Morgan fingerprint density at radius 1 is 1.45 bits per heavy atom. The lowest BCUT2D eigenvalue weighted by Gasteiger charge is -2.15. The van der Waals surface area contributed by atoms with Crippen LogP contribution in [0.25, 0.3) is 0 Å². The van der Waals surface area contributed by atoms with E-state index < -0.39 is 0 Å². The van der Waals surface area contributed by atoms with Gasteiger partial charge in [-0.3, -0.25) is 9.59 Å². The zero-order valence-corrected chi connectivity index (χ0v) is 11.4. The largest absolute Gasteiger partial charge is 0.379 e. The molecule has 0 aromatic heterocycles. The third kappa shape index (κ3) is 2.37. The SMILES string of the molecule is NC1COCC1C(=O)Nc1cc2c(cc1Cl)NC(=O)C2. The molecule has 1 aromatic carbocycles. The van der Waals surface area contributed by atoms with Crippen molar-refractivity contribution in [2.45, 2.75) is 12.5 Å². The first-order valence-electron chi connectivity index (χ1n) is 6.31. The number of amides is 2. The third-order valence-corrected chi connectivity index (χ3v) is 3.85. The molecule has 2 aliphatic rings. The van der Waals surface area contributed by atoms with Crippen LogP contribution in [0.4, 0.5) is 11.4 Å². The molecule has 2 atom stereocenters. The zero-order valence-electron chi connectivity index (χ0n) is 10.6. The molecule has 1 saturated heterocycles. The van der Waals surface area contributed by atoms with Crippen molar-refractivity contribution in [3.8, 4) is 0 Å². The molecule has 0 saturated carbocycles. The number of hydrogen-bond acceptors (Lipinski definition) is 4. The summed E-state index contributed by atoms with van der Waals surface area (Å²) in [4.78, 5) is 23.5. The number of ether oxygens (including phenoxy) is 1. The topological polar surface area (TPSA) is 93.4 Å². The highest BCUT2D eigenvalue weighted by Crippen LogP contribution is 2.33. The first-order chi connectivity index (χ1) is 9.54. The molecule has 2 aliphatic heterocycles. The highest BCUT2D eigenvalue weighted by atomic mass is 35.5. The van der Waals surface area contributed by atoms with Crippen molar-refractivity contribution in [1.29, 1.82) is 0 Å². The molecule has 2 heterocycles. The molecule has 0 spiro atoms. The van der Waals surface area contributed by atoms with Crippen molar-refractivity contribution in [1.82, 2.24) is 0 Å². The van der Waals surface area contributed by atoms with Crippen LogP contribution in [-0.2, 0) is 20.7 Å². The molecule has 1 aromatic rings. The summed E-state index contributed by atoms with van der Waals surface area (Å²) in [5, 5.41) is 5.84. The number of nitrogens with two attached hydrogens (primary N) is 1. The summed E-state index contributed by atoms with van der Waals surface area (Å²) in [7, 11) is 0. The lowest BCUT2D eigenvalue weighted by atomic mass is 10.0. The van der Waals surface area contributed by atoms with E-state index in [0.29, 0.717) is 36.0 Å². The van der Waals surface area contributed by atoms with Gasteiger partial charge >= 0.3 is 0 Å². The highest BCUT2D eigenvalue weighted by molar-refractivity contribution is 6.34. The van der Waals surface area contributed by atoms with Crippen molar-refractivity contribution in [2.75, 3.05) is 23.8 Å². The molecule has 20 heavy (non-hydrogen) atoms. The van der Waals surface area contributed by atoms with Crippen molar-refractivity contribution in [2.24, 2.45) is 11.7 Å². The Balaban J connectivity index is 1.79. The summed E-state index contributed by atoms with van der Waals surface area (Å²) in [6.45, 7) is 0.698. The fourth-order valence-corrected chi connectivity index (χ4v) is 2.62. The molecular formula is C13H14ClN3O3. The quantitative estimate of drug-likeness (QED) is 0.750. The predicted molar refractivity (Wildman–Crippen MR) is 74.7 cm³/mol. The second-order valence-corrected chi connectivity index (χ2v) is 5.42. The molecule has 2 unspecified atom stereocenters. The van der Waals surface area contributed by atoms with Gasteiger partial charge in [-0.15, -0.1) is 0 Å². The Hall–Kier alpha value is -1.63. The van der Waals surface area contributed by atoms with Crippen LogP contribution in [0, 0.1) is 5.92 Å². The van der Waals surface area contributed by atoms with E-state index >= 15 is 0 Å². The molecule has 0 bridgehead atoms. The number of rotatable bonds is 2. The number of benzene rings is 1. The molecule has 1 fully saturated rings. The standard InChI is InChI=1S/C13H14ClN3O3/c14-8-3-10-6(2-12(18)16-10)1-11(8)17-13(19)7-4-20-5-9(7)15/h1,3,7,9H,2,4-5,15H2,(H,16,18)(H,17,19). The molecule has 106 valence electrons. The van der Waals surface area contributed by atoms with Crippen molar-refractivity contribution >= 4 is 34.8 Å². The van der Waals surface area contributed by atoms with E-state index in [1.165, 1.54) is 0 Å². The first kappa shape index (κ1) is 13.4. The average Bonchev–Trinajstić information content (AvgIpc) is 2.94. The second kappa shape index (κ2) is 5.05. The summed E-state index contributed by atoms with van der Waals surface area (Å²) in [6.07, 6.45) is 0.293. The summed E-state index contributed by atoms with van der Waals surface area (Å²) in [6, 6.07) is 3.06. The highest BCUT2D eigenvalue weighted by Gasteiger charge is 2.32. The molecule has 0 radical (unpaired) electrons. The Morgan fingerprint density at radius 2 is 2.25 bits per heavy atom. The number of carbonyl (C=O) groups excluding carboxylic acids is 2. The fourth-order valence-electron chi connectivity index (χ4n) is 2.41. The smallest absolute Gasteiger partial charge is 0.231 e. The van der Waals surface area contributed by atoms with Gasteiger partial charge in [0.2, 0.25) is 11.8 Å². The van der Waals surface area contributed by atoms with Crippen LogP contribution in [0.3, 0.4) is 0 Å². The molecule has 4 N–H and O–H groups in total. The summed E-state index contributed by atoms with van der Waals surface area (Å²) in [5.74, 6) is -0.668. The Labute approximate surface area is 120 Å². The van der Waals surface area contributed by atoms with Crippen LogP contribution in [0.2, 0.25) is 5.02 Å². The lowest BCUT2D eigenvalue weighted by Crippen LogP contribution is -2.37. The van der Waals surface area contributed by atoms with Crippen LogP contribution >= 0.6 is 11.6 Å². The molecule has 2 amide bonds.